The number of benzene rings is 1. The molecule has 2 heterocycles. The quantitative estimate of drug-likeness (QED) is 0.568. The van der Waals surface area contributed by atoms with E-state index in [1.165, 1.54) is 0 Å². The minimum absolute atomic E-state index is 0.0735. The summed E-state index contributed by atoms with van der Waals surface area (Å²) in [7, 11) is 0. The summed E-state index contributed by atoms with van der Waals surface area (Å²) in [5.74, 6) is 0. The van der Waals surface area contributed by atoms with Gasteiger partial charge in [-0.05, 0) is 24.3 Å². The Bertz CT molecular complexity index is 663. The van der Waals surface area contributed by atoms with Crippen LogP contribution >= 0.6 is 0 Å². The summed E-state index contributed by atoms with van der Waals surface area (Å²) >= 11 is 0. The molecule has 3 aromatic rings. The molecule has 68 valence electrons. The molecule has 14 heavy (non-hydrogen) atoms. The van der Waals surface area contributed by atoms with Crippen LogP contribution in [0.25, 0.3) is 16.4 Å². The van der Waals surface area contributed by atoms with Crippen LogP contribution in [0.1, 0.15) is 0 Å². The van der Waals surface area contributed by atoms with Crippen molar-refractivity contribution < 1.29 is 0 Å². The van der Waals surface area contributed by atoms with E-state index < -0.39 is 0 Å². The molecule has 0 spiro atoms. The maximum absolute atomic E-state index is 11.9. The van der Waals surface area contributed by atoms with Crippen molar-refractivity contribution in [3.8, 4) is 0 Å². The average molecular weight is 184 g/mol. The van der Waals surface area contributed by atoms with Crippen molar-refractivity contribution in [2.24, 2.45) is 0 Å². The van der Waals surface area contributed by atoms with Crippen molar-refractivity contribution in [3.63, 3.8) is 0 Å². The third-order valence-corrected chi connectivity index (χ3v) is 2.39. The first-order valence-electron chi connectivity index (χ1n) is 4.44. The van der Waals surface area contributed by atoms with Gasteiger partial charge in [-0.15, -0.1) is 0 Å². The van der Waals surface area contributed by atoms with Gasteiger partial charge >= 0.3 is 0 Å². The number of fused-ring (bicyclic) bond motifs is 2. The molecular formula is C11H8N2O. The molecule has 0 radical (unpaired) electrons. The van der Waals surface area contributed by atoms with Crippen LogP contribution in [0.3, 0.4) is 0 Å². The fourth-order valence-corrected chi connectivity index (χ4v) is 1.71. The highest BCUT2D eigenvalue weighted by Gasteiger charge is 2.02. The van der Waals surface area contributed by atoms with Crippen LogP contribution in [0.5, 0.6) is 0 Å². The molecule has 0 fully saturated rings. The minimum Gasteiger partial charge on any atom is -0.293 e. The fraction of sp³-hybridized carbons (Fsp3) is 0. The Morgan fingerprint density at radius 1 is 1.07 bits per heavy atom. The van der Waals surface area contributed by atoms with Crippen molar-refractivity contribution in [3.05, 3.63) is 52.8 Å². The van der Waals surface area contributed by atoms with E-state index in [0.717, 1.165) is 10.9 Å². The van der Waals surface area contributed by atoms with Crippen molar-refractivity contribution in [2.75, 3.05) is 0 Å². The molecule has 0 unspecified atom stereocenters. The standard InChI is InChI=1S/C11H8N2O/c14-11-8-4-1-2-5-9(8)12-13-7-3-6-10(11)13/h1-7,12H. The van der Waals surface area contributed by atoms with Crippen LogP contribution in [0, 0.1) is 0 Å². The number of rotatable bonds is 0. The molecule has 3 rings (SSSR count). The fourth-order valence-electron chi connectivity index (χ4n) is 1.71. The summed E-state index contributed by atoms with van der Waals surface area (Å²) in [4.78, 5) is 11.9. The first kappa shape index (κ1) is 7.38. The Hall–Kier alpha value is -2.03. The molecule has 0 bridgehead atoms. The Kier molecular flexibility index (Phi) is 1.31. The van der Waals surface area contributed by atoms with Gasteiger partial charge in [-0.2, -0.15) is 0 Å². The van der Waals surface area contributed by atoms with E-state index in [2.05, 4.69) is 5.10 Å². The molecule has 0 saturated heterocycles. The van der Waals surface area contributed by atoms with Gasteiger partial charge < -0.3 is 0 Å². The summed E-state index contributed by atoms with van der Waals surface area (Å²) in [5, 5.41) is 3.88. The highest BCUT2D eigenvalue weighted by molar-refractivity contribution is 5.81. The Balaban J connectivity index is 2.70. The molecule has 3 heteroatoms. The van der Waals surface area contributed by atoms with Crippen LogP contribution < -0.4 is 5.43 Å². The number of hydrogen-bond acceptors (Lipinski definition) is 1. The zero-order valence-corrected chi connectivity index (χ0v) is 7.40. The van der Waals surface area contributed by atoms with Crippen molar-refractivity contribution in [1.29, 1.82) is 0 Å². The van der Waals surface area contributed by atoms with Crippen LogP contribution in [0.4, 0.5) is 0 Å². The predicted molar refractivity (Wildman–Crippen MR) is 55.5 cm³/mol. The van der Waals surface area contributed by atoms with Gasteiger partial charge in [0.15, 0.2) is 0 Å². The third kappa shape index (κ3) is 0.836. The van der Waals surface area contributed by atoms with Gasteiger partial charge in [-0.25, -0.2) is 0 Å². The van der Waals surface area contributed by atoms with E-state index in [1.807, 2.05) is 42.6 Å². The summed E-state index contributed by atoms with van der Waals surface area (Å²) in [6.45, 7) is 0. The number of aromatic nitrogens is 2. The zero-order valence-electron chi connectivity index (χ0n) is 7.40. The summed E-state index contributed by atoms with van der Waals surface area (Å²) in [6, 6.07) is 11.2. The molecule has 1 N–H and O–H groups in total. The third-order valence-electron chi connectivity index (χ3n) is 2.39. The lowest BCUT2D eigenvalue weighted by molar-refractivity contribution is 0.970. The number of aromatic amines is 1. The lowest BCUT2D eigenvalue weighted by Crippen LogP contribution is -2.07. The van der Waals surface area contributed by atoms with Crippen LogP contribution in [-0.2, 0) is 0 Å². The second-order valence-corrected chi connectivity index (χ2v) is 3.25. The van der Waals surface area contributed by atoms with Crippen LogP contribution in [-0.4, -0.2) is 9.61 Å². The van der Waals surface area contributed by atoms with Crippen LogP contribution in [0.2, 0.25) is 0 Å². The Morgan fingerprint density at radius 3 is 2.86 bits per heavy atom. The lowest BCUT2D eigenvalue weighted by Gasteiger charge is -1.99. The molecule has 0 aliphatic heterocycles. The summed E-state index contributed by atoms with van der Waals surface area (Å²) < 4.78 is 1.74. The molecule has 0 amide bonds. The monoisotopic (exact) mass is 184 g/mol. The molecular weight excluding hydrogens is 176 g/mol. The highest BCUT2D eigenvalue weighted by Crippen LogP contribution is 2.07. The van der Waals surface area contributed by atoms with Gasteiger partial charge in [0, 0.05) is 11.6 Å². The first-order chi connectivity index (χ1) is 6.86. The zero-order chi connectivity index (χ0) is 9.54. The van der Waals surface area contributed by atoms with E-state index in [1.54, 1.807) is 4.52 Å². The van der Waals surface area contributed by atoms with E-state index in [-0.39, 0.29) is 5.43 Å². The SMILES string of the molecule is O=c1c2ccccc2[nH]n2cccc12. The maximum atomic E-state index is 11.9. The number of H-pyrrole nitrogens is 1. The lowest BCUT2D eigenvalue weighted by atomic mass is 10.2. The van der Waals surface area contributed by atoms with Crippen molar-refractivity contribution in [1.82, 2.24) is 9.61 Å². The molecule has 1 aromatic carbocycles. The van der Waals surface area contributed by atoms with Gasteiger partial charge in [-0.3, -0.25) is 14.4 Å². The van der Waals surface area contributed by atoms with Gasteiger partial charge in [0.2, 0.25) is 5.43 Å². The van der Waals surface area contributed by atoms with Crippen molar-refractivity contribution >= 4 is 16.4 Å². The highest BCUT2D eigenvalue weighted by atomic mass is 16.1. The second-order valence-electron chi connectivity index (χ2n) is 3.25. The van der Waals surface area contributed by atoms with Crippen molar-refractivity contribution in [2.45, 2.75) is 0 Å². The van der Waals surface area contributed by atoms with Gasteiger partial charge in [0.05, 0.1) is 5.52 Å². The van der Waals surface area contributed by atoms with Gasteiger partial charge in [0.1, 0.15) is 5.52 Å². The van der Waals surface area contributed by atoms with E-state index in [4.69, 9.17) is 0 Å². The Labute approximate surface area is 79.6 Å². The number of nitrogens with one attached hydrogen (secondary N) is 1. The average Bonchev–Trinajstić information content (AvgIpc) is 2.66. The smallest absolute Gasteiger partial charge is 0.213 e. The first-order valence-corrected chi connectivity index (χ1v) is 4.44. The molecule has 0 saturated carbocycles. The Morgan fingerprint density at radius 2 is 1.93 bits per heavy atom. The number of para-hydroxylation sites is 1. The maximum Gasteiger partial charge on any atom is 0.213 e. The van der Waals surface area contributed by atoms with Crippen LogP contribution in [0.15, 0.2) is 47.4 Å². The largest absolute Gasteiger partial charge is 0.293 e. The number of nitrogens with zero attached hydrogens (tertiary/aromatic N) is 1. The second kappa shape index (κ2) is 2.48. The van der Waals surface area contributed by atoms with E-state index in [0.29, 0.717) is 5.52 Å². The summed E-state index contributed by atoms with van der Waals surface area (Å²) in [5.41, 5.74) is 1.62. The molecule has 0 atom stereocenters. The molecule has 3 nitrogen and oxygen atoms in total. The molecule has 2 aromatic heterocycles. The normalized spacial score (nSPS) is 11.1. The molecule has 0 aliphatic carbocycles. The van der Waals surface area contributed by atoms with E-state index in [9.17, 15) is 4.79 Å². The molecule has 0 aliphatic rings. The summed E-state index contributed by atoms with van der Waals surface area (Å²) in [6.07, 6.45) is 1.84. The number of hydrogen-bond donors (Lipinski definition) is 1. The van der Waals surface area contributed by atoms with Gasteiger partial charge in [-0.1, -0.05) is 12.1 Å². The van der Waals surface area contributed by atoms with E-state index >= 15 is 0 Å². The predicted octanol–water partition coefficient (Wildman–Crippen LogP) is 1.78. The topological polar surface area (TPSA) is 37.3 Å². The minimum atomic E-state index is 0.0735. The van der Waals surface area contributed by atoms with Gasteiger partial charge in [0.25, 0.3) is 0 Å².